The second-order valence-electron chi connectivity index (χ2n) is 7.57. The van der Waals surface area contributed by atoms with Gasteiger partial charge in [0.05, 0.1) is 22.7 Å². The van der Waals surface area contributed by atoms with Crippen molar-refractivity contribution < 1.29 is 23.1 Å². The van der Waals surface area contributed by atoms with Gasteiger partial charge < -0.3 is 15.3 Å². The zero-order valence-corrected chi connectivity index (χ0v) is 18.8. The molecule has 1 saturated heterocycles. The number of carbonyl (C=O) groups excluding carboxylic acids is 1. The Hall–Kier alpha value is -3.11. The van der Waals surface area contributed by atoms with Gasteiger partial charge in [-0.2, -0.15) is 0 Å². The van der Waals surface area contributed by atoms with Crippen molar-refractivity contribution in [2.75, 3.05) is 48.9 Å². The van der Waals surface area contributed by atoms with E-state index in [-0.39, 0.29) is 22.1 Å². The van der Waals surface area contributed by atoms with Gasteiger partial charge in [0.2, 0.25) is 5.91 Å². The lowest BCUT2D eigenvalue weighted by Crippen LogP contribution is -2.49. The average Bonchev–Trinajstić information content (AvgIpc) is 2.78. The fourth-order valence-corrected chi connectivity index (χ4v) is 4.60. The molecule has 0 aliphatic carbocycles. The van der Waals surface area contributed by atoms with E-state index in [0.29, 0.717) is 45.0 Å². The van der Waals surface area contributed by atoms with Gasteiger partial charge in [0.25, 0.3) is 10.0 Å². The van der Waals surface area contributed by atoms with E-state index < -0.39 is 16.0 Å². The molecule has 1 aliphatic rings. The minimum absolute atomic E-state index is 0.0124. The van der Waals surface area contributed by atoms with Gasteiger partial charge in [-0.15, -0.1) is 0 Å². The number of carboxylic acid groups (broad SMARTS) is 1. The third kappa shape index (κ3) is 5.98. The first-order valence-corrected chi connectivity index (χ1v) is 12.0. The summed E-state index contributed by atoms with van der Waals surface area (Å²) in [5.41, 5.74) is 0.726. The Bertz CT molecular complexity index is 1050. The predicted octanol–water partition coefficient (Wildman–Crippen LogP) is 1.83. The van der Waals surface area contributed by atoms with Crippen LogP contribution in [-0.2, 0) is 14.8 Å². The lowest BCUT2D eigenvalue weighted by atomic mass is 10.1. The second kappa shape index (κ2) is 10.5. The molecular formula is C22H28N4O5S. The highest BCUT2D eigenvalue weighted by Gasteiger charge is 2.23. The number of hydrogen-bond donors (Lipinski definition) is 3. The van der Waals surface area contributed by atoms with Gasteiger partial charge in [-0.05, 0) is 36.8 Å². The molecule has 2 aromatic carbocycles. The molecule has 2 aromatic rings. The largest absolute Gasteiger partial charge is 0.478 e. The first-order chi connectivity index (χ1) is 15.3. The second-order valence-corrected chi connectivity index (χ2v) is 9.25. The van der Waals surface area contributed by atoms with E-state index in [4.69, 9.17) is 0 Å². The van der Waals surface area contributed by atoms with Crippen molar-refractivity contribution in [1.29, 1.82) is 0 Å². The molecule has 10 heteroatoms. The molecule has 0 unspecified atom stereocenters. The number of carboxylic acids is 1. The summed E-state index contributed by atoms with van der Waals surface area (Å²) in [4.78, 5) is 27.9. The van der Waals surface area contributed by atoms with E-state index in [2.05, 4.69) is 10.0 Å². The highest BCUT2D eigenvalue weighted by molar-refractivity contribution is 7.92. The molecule has 3 N–H and O–H groups in total. The van der Waals surface area contributed by atoms with Crippen molar-refractivity contribution >= 4 is 33.3 Å². The van der Waals surface area contributed by atoms with E-state index in [9.17, 15) is 23.1 Å². The molecule has 172 valence electrons. The quantitative estimate of drug-likeness (QED) is 0.522. The molecule has 0 aromatic heterocycles. The first kappa shape index (κ1) is 23.6. The number of anilines is 2. The summed E-state index contributed by atoms with van der Waals surface area (Å²) in [7, 11) is -3.82. The van der Waals surface area contributed by atoms with E-state index in [1.54, 1.807) is 30.3 Å². The molecule has 1 heterocycles. The number of nitrogens with zero attached hydrogens (tertiary/aromatic N) is 2. The lowest BCUT2D eigenvalue weighted by Gasteiger charge is -2.36. The van der Waals surface area contributed by atoms with Gasteiger partial charge in [0.15, 0.2) is 0 Å². The Kier molecular flexibility index (Phi) is 7.70. The van der Waals surface area contributed by atoms with Gasteiger partial charge in [0, 0.05) is 38.4 Å². The van der Waals surface area contributed by atoms with Crippen LogP contribution in [0.2, 0.25) is 0 Å². The van der Waals surface area contributed by atoms with Crippen LogP contribution in [0, 0.1) is 0 Å². The van der Waals surface area contributed by atoms with Crippen LogP contribution in [0.25, 0.3) is 0 Å². The van der Waals surface area contributed by atoms with Crippen LogP contribution < -0.4 is 14.9 Å². The third-order valence-electron chi connectivity index (χ3n) is 5.19. The van der Waals surface area contributed by atoms with Crippen molar-refractivity contribution in [1.82, 2.24) is 10.2 Å². The Morgan fingerprint density at radius 3 is 2.34 bits per heavy atom. The normalized spacial score (nSPS) is 14.7. The van der Waals surface area contributed by atoms with Crippen LogP contribution >= 0.6 is 0 Å². The summed E-state index contributed by atoms with van der Waals surface area (Å²) >= 11 is 0. The van der Waals surface area contributed by atoms with E-state index in [0.717, 1.165) is 6.42 Å². The zero-order chi connectivity index (χ0) is 23.1. The molecular weight excluding hydrogens is 432 g/mol. The third-order valence-corrected chi connectivity index (χ3v) is 6.58. The molecule has 1 fully saturated rings. The van der Waals surface area contributed by atoms with Gasteiger partial charge in [0.1, 0.15) is 0 Å². The maximum Gasteiger partial charge on any atom is 0.337 e. The number of benzene rings is 2. The number of sulfonamides is 1. The maximum atomic E-state index is 12.6. The fraction of sp³-hybridized carbons (Fsp3) is 0.364. The van der Waals surface area contributed by atoms with Gasteiger partial charge in [-0.25, -0.2) is 13.2 Å². The number of rotatable bonds is 9. The number of piperazine rings is 1. The minimum atomic E-state index is -3.82. The van der Waals surface area contributed by atoms with Crippen LogP contribution in [0.1, 0.15) is 23.7 Å². The van der Waals surface area contributed by atoms with Gasteiger partial charge >= 0.3 is 5.97 Å². The summed E-state index contributed by atoms with van der Waals surface area (Å²) in [6.45, 7) is 5.35. The maximum absolute atomic E-state index is 12.6. The number of aromatic carboxylic acids is 1. The van der Waals surface area contributed by atoms with E-state index in [1.165, 1.54) is 18.2 Å². The molecule has 1 aliphatic heterocycles. The Morgan fingerprint density at radius 2 is 1.72 bits per heavy atom. The van der Waals surface area contributed by atoms with E-state index in [1.807, 2.05) is 16.7 Å². The number of hydrogen-bond acceptors (Lipinski definition) is 6. The van der Waals surface area contributed by atoms with Gasteiger partial charge in [-0.1, -0.05) is 25.1 Å². The van der Waals surface area contributed by atoms with Crippen molar-refractivity contribution in [2.24, 2.45) is 0 Å². The van der Waals surface area contributed by atoms with Crippen molar-refractivity contribution in [2.45, 2.75) is 18.2 Å². The van der Waals surface area contributed by atoms with E-state index >= 15 is 0 Å². The van der Waals surface area contributed by atoms with Crippen LogP contribution in [0.3, 0.4) is 0 Å². The molecule has 0 spiro atoms. The van der Waals surface area contributed by atoms with Crippen LogP contribution in [-0.4, -0.2) is 69.6 Å². The molecule has 9 nitrogen and oxygen atoms in total. The molecule has 0 bridgehead atoms. The summed E-state index contributed by atoms with van der Waals surface area (Å²) in [6.07, 6.45) is 0.884. The molecule has 0 saturated carbocycles. The summed E-state index contributed by atoms with van der Waals surface area (Å²) in [5, 5.41) is 12.6. The SMILES string of the molecule is CCCNC(=O)CN1CCN(c2ccc(NS(=O)(=O)c3ccccc3)cc2C(=O)O)CC1. The Balaban J connectivity index is 1.69. The molecule has 3 rings (SSSR count). The average molecular weight is 461 g/mol. The van der Waals surface area contributed by atoms with Gasteiger partial charge in [-0.3, -0.25) is 14.4 Å². The Morgan fingerprint density at radius 1 is 1.03 bits per heavy atom. The number of nitrogens with one attached hydrogen (secondary N) is 2. The topological polar surface area (TPSA) is 119 Å². The van der Waals surface area contributed by atoms with Crippen molar-refractivity contribution in [3.63, 3.8) is 0 Å². The summed E-state index contributed by atoms with van der Waals surface area (Å²) in [5.74, 6) is -1.15. The molecule has 1 amide bonds. The van der Waals surface area contributed by atoms with Crippen LogP contribution in [0.5, 0.6) is 0 Å². The first-order valence-electron chi connectivity index (χ1n) is 10.5. The van der Waals surface area contributed by atoms with Crippen molar-refractivity contribution in [3.8, 4) is 0 Å². The summed E-state index contributed by atoms with van der Waals surface area (Å²) in [6, 6.07) is 12.4. The Labute approximate surface area is 188 Å². The standard InChI is InChI=1S/C22H28N4O5S/c1-2-10-23-21(27)16-25-11-13-26(14-12-25)20-9-8-17(15-19(20)22(28)29)24-32(30,31)18-6-4-3-5-7-18/h3-9,15,24H,2,10-14,16H2,1H3,(H,23,27)(H,28,29). The number of amides is 1. The van der Waals surface area contributed by atoms with Crippen LogP contribution in [0.15, 0.2) is 53.4 Å². The monoisotopic (exact) mass is 460 g/mol. The molecule has 0 atom stereocenters. The fourth-order valence-electron chi connectivity index (χ4n) is 3.53. The highest BCUT2D eigenvalue weighted by Crippen LogP contribution is 2.27. The molecule has 0 radical (unpaired) electrons. The molecule has 32 heavy (non-hydrogen) atoms. The highest BCUT2D eigenvalue weighted by atomic mass is 32.2. The minimum Gasteiger partial charge on any atom is -0.478 e. The number of carbonyl (C=O) groups is 2. The zero-order valence-electron chi connectivity index (χ0n) is 18.0. The predicted molar refractivity (Wildman–Crippen MR) is 123 cm³/mol. The smallest absolute Gasteiger partial charge is 0.337 e. The van der Waals surface area contributed by atoms with Crippen molar-refractivity contribution in [3.05, 3.63) is 54.1 Å². The van der Waals surface area contributed by atoms with Crippen LogP contribution in [0.4, 0.5) is 11.4 Å². The summed E-state index contributed by atoms with van der Waals surface area (Å²) < 4.78 is 27.5. The lowest BCUT2D eigenvalue weighted by molar-refractivity contribution is -0.122.